The Hall–Kier alpha value is -2.73. The molecule has 0 aliphatic carbocycles. The predicted octanol–water partition coefficient (Wildman–Crippen LogP) is 3.54. The topological polar surface area (TPSA) is 72.9 Å². The van der Waals surface area contributed by atoms with Gasteiger partial charge in [0.15, 0.2) is 0 Å². The van der Waals surface area contributed by atoms with Crippen LogP contribution in [0.1, 0.15) is 30.6 Å². The van der Waals surface area contributed by atoms with E-state index in [4.69, 9.17) is 11.6 Å². The number of hydrogen-bond acceptors (Lipinski definition) is 4. The maximum absolute atomic E-state index is 13.3. The van der Waals surface area contributed by atoms with Gasteiger partial charge < -0.3 is 20.2 Å². The molecule has 2 N–H and O–H groups in total. The first kappa shape index (κ1) is 22.0. The Balaban J connectivity index is 1.66. The Morgan fingerprint density at radius 1 is 1.07 bits per heavy atom. The van der Waals surface area contributed by atoms with Crippen molar-refractivity contribution >= 4 is 29.1 Å². The van der Waals surface area contributed by atoms with Crippen LogP contribution >= 0.6 is 11.6 Å². The number of halogens is 1. The Morgan fingerprint density at radius 2 is 1.70 bits per heavy atom. The van der Waals surface area contributed by atoms with Gasteiger partial charge in [0.2, 0.25) is 5.91 Å². The molecule has 2 aromatic rings. The zero-order valence-electron chi connectivity index (χ0n) is 17.3. The van der Waals surface area contributed by atoms with Gasteiger partial charge in [0, 0.05) is 36.8 Å². The van der Waals surface area contributed by atoms with Gasteiger partial charge in [0.25, 0.3) is 5.91 Å². The highest BCUT2D eigenvalue weighted by Crippen LogP contribution is 2.27. The third-order valence-corrected chi connectivity index (χ3v) is 5.94. The number of rotatable bonds is 6. The van der Waals surface area contributed by atoms with E-state index in [9.17, 15) is 14.7 Å². The Bertz CT molecular complexity index is 880. The minimum atomic E-state index is -0.588. The lowest BCUT2D eigenvalue weighted by Gasteiger charge is -2.38. The molecule has 0 unspecified atom stereocenters. The van der Waals surface area contributed by atoms with Crippen molar-refractivity contribution in [1.29, 1.82) is 0 Å². The standard InChI is InChI=1S/C23H28ClN3O3/c1-3-16(2)21(25-22(29)17-8-10-18(24)11-9-17)23(30)27-14-12-26(13-15-27)19-6-4-5-7-20(19)28/h4-11,16,21,28H,3,12-15H2,1-2H3,(H,25,29)/t16-,21-/m0/s1. The van der Waals surface area contributed by atoms with Gasteiger partial charge in [0.1, 0.15) is 11.8 Å². The first-order valence-electron chi connectivity index (χ1n) is 10.3. The van der Waals surface area contributed by atoms with Crippen LogP contribution in [0.2, 0.25) is 5.02 Å². The molecular weight excluding hydrogens is 402 g/mol. The number of phenolic OH excluding ortho intramolecular Hbond substituents is 1. The molecule has 0 saturated carbocycles. The van der Waals surface area contributed by atoms with Crippen molar-refractivity contribution in [3.8, 4) is 5.75 Å². The predicted molar refractivity (Wildman–Crippen MR) is 119 cm³/mol. The minimum absolute atomic E-state index is 0.00458. The molecule has 1 saturated heterocycles. The zero-order valence-corrected chi connectivity index (χ0v) is 18.1. The Kier molecular flexibility index (Phi) is 7.21. The van der Waals surface area contributed by atoms with E-state index in [2.05, 4.69) is 10.2 Å². The first-order valence-corrected chi connectivity index (χ1v) is 10.7. The molecule has 1 fully saturated rings. The number of phenols is 1. The summed E-state index contributed by atoms with van der Waals surface area (Å²) >= 11 is 5.90. The second kappa shape index (κ2) is 9.85. The molecule has 0 spiro atoms. The second-order valence-electron chi connectivity index (χ2n) is 7.64. The van der Waals surface area contributed by atoms with E-state index in [1.165, 1.54) is 0 Å². The summed E-state index contributed by atoms with van der Waals surface area (Å²) in [5.41, 5.74) is 1.25. The summed E-state index contributed by atoms with van der Waals surface area (Å²) in [5, 5.41) is 13.6. The molecule has 0 radical (unpaired) electrons. The second-order valence-corrected chi connectivity index (χ2v) is 8.08. The van der Waals surface area contributed by atoms with Gasteiger partial charge in [-0.15, -0.1) is 0 Å². The summed E-state index contributed by atoms with van der Waals surface area (Å²) in [6, 6.07) is 13.3. The van der Waals surface area contributed by atoms with Crippen LogP contribution in [0.5, 0.6) is 5.75 Å². The van der Waals surface area contributed by atoms with Crippen LogP contribution in [0.4, 0.5) is 5.69 Å². The van der Waals surface area contributed by atoms with Crippen molar-refractivity contribution in [2.24, 2.45) is 5.92 Å². The third kappa shape index (κ3) is 5.05. The van der Waals surface area contributed by atoms with Crippen LogP contribution in [0.25, 0.3) is 0 Å². The fourth-order valence-corrected chi connectivity index (χ4v) is 3.73. The Labute approximate surface area is 182 Å². The van der Waals surface area contributed by atoms with Crippen LogP contribution in [-0.4, -0.2) is 54.0 Å². The lowest BCUT2D eigenvalue weighted by molar-refractivity contribution is -0.134. The number of carbonyl (C=O) groups is 2. The number of amides is 2. The molecule has 30 heavy (non-hydrogen) atoms. The molecule has 7 heteroatoms. The quantitative estimate of drug-likeness (QED) is 0.736. The van der Waals surface area contributed by atoms with Gasteiger partial charge in [-0.05, 0) is 42.3 Å². The summed E-state index contributed by atoms with van der Waals surface area (Å²) in [6.07, 6.45) is 0.773. The minimum Gasteiger partial charge on any atom is -0.506 e. The highest BCUT2D eigenvalue weighted by Gasteiger charge is 2.32. The Morgan fingerprint density at radius 3 is 2.30 bits per heavy atom. The summed E-state index contributed by atoms with van der Waals surface area (Å²) in [4.78, 5) is 29.8. The van der Waals surface area contributed by atoms with Gasteiger partial charge in [-0.2, -0.15) is 0 Å². The third-order valence-electron chi connectivity index (χ3n) is 5.69. The van der Waals surface area contributed by atoms with Crippen molar-refractivity contribution in [1.82, 2.24) is 10.2 Å². The van der Waals surface area contributed by atoms with Gasteiger partial charge in [-0.3, -0.25) is 9.59 Å². The lowest BCUT2D eigenvalue weighted by atomic mass is 9.97. The summed E-state index contributed by atoms with van der Waals surface area (Å²) in [7, 11) is 0. The SMILES string of the molecule is CC[C@H](C)[C@H](NC(=O)c1ccc(Cl)cc1)C(=O)N1CCN(c2ccccc2O)CC1. The average molecular weight is 430 g/mol. The normalized spacial score (nSPS) is 16.1. The number of nitrogens with one attached hydrogen (secondary N) is 1. The zero-order chi connectivity index (χ0) is 21.7. The molecule has 160 valence electrons. The highest BCUT2D eigenvalue weighted by molar-refractivity contribution is 6.30. The summed E-state index contributed by atoms with van der Waals surface area (Å²) < 4.78 is 0. The highest BCUT2D eigenvalue weighted by atomic mass is 35.5. The maximum atomic E-state index is 13.3. The molecule has 6 nitrogen and oxygen atoms in total. The van der Waals surface area contributed by atoms with E-state index in [1.807, 2.05) is 26.0 Å². The number of para-hydroxylation sites is 2. The van der Waals surface area contributed by atoms with Crippen molar-refractivity contribution < 1.29 is 14.7 Å². The lowest BCUT2D eigenvalue weighted by Crippen LogP contribution is -2.56. The number of piperazine rings is 1. The van der Waals surface area contributed by atoms with Crippen LogP contribution in [0.15, 0.2) is 48.5 Å². The fourth-order valence-electron chi connectivity index (χ4n) is 3.60. The van der Waals surface area contributed by atoms with Crippen LogP contribution in [-0.2, 0) is 4.79 Å². The van der Waals surface area contributed by atoms with E-state index < -0.39 is 6.04 Å². The van der Waals surface area contributed by atoms with Gasteiger partial charge in [-0.25, -0.2) is 0 Å². The average Bonchev–Trinajstić information content (AvgIpc) is 2.77. The number of aromatic hydroxyl groups is 1. The van der Waals surface area contributed by atoms with E-state index in [0.29, 0.717) is 36.8 Å². The van der Waals surface area contributed by atoms with Crippen molar-refractivity contribution in [3.05, 3.63) is 59.1 Å². The molecule has 1 heterocycles. The number of hydrogen-bond donors (Lipinski definition) is 2. The maximum Gasteiger partial charge on any atom is 0.251 e. The summed E-state index contributed by atoms with van der Waals surface area (Å²) in [5.74, 6) is -0.100. The van der Waals surface area contributed by atoms with Crippen LogP contribution < -0.4 is 10.2 Å². The van der Waals surface area contributed by atoms with Gasteiger partial charge in [0.05, 0.1) is 5.69 Å². The fraction of sp³-hybridized carbons (Fsp3) is 0.391. The van der Waals surface area contributed by atoms with Gasteiger partial charge in [-0.1, -0.05) is 44.0 Å². The van der Waals surface area contributed by atoms with Gasteiger partial charge >= 0.3 is 0 Å². The molecule has 2 atom stereocenters. The first-order chi connectivity index (χ1) is 14.4. The van der Waals surface area contributed by atoms with Crippen LogP contribution in [0, 0.1) is 5.92 Å². The molecular formula is C23H28ClN3O3. The molecule has 0 aromatic heterocycles. The molecule has 2 amide bonds. The number of benzene rings is 2. The van der Waals surface area contributed by atoms with Crippen LogP contribution in [0.3, 0.4) is 0 Å². The van der Waals surface area contributed by atoms with E-state index >= 15 is 0 Å². The molecule has 0 bridgehead atoms. The molecule has 1 aliphatic heterocycles. The van der Waals surface area contributed by atoms with E-state index in [1.54, 1.807) is 41.3 Å². The number of nitrogens with zero attached hydrogens (tertiary/aromatic N) is 2. The smallest absolute Gasteiger partial charge is 0.251 e. The molecule has 2 aromatic carbocycles. The van der Waals surface area contributed by atoms with E-state index in [0.717, 1.165) is 12.1 Å². The summed E-state index contributed by atoms with van der Waals surface area (Å²) in [6.45, 7) is 6.32. The monoisotopic (exact) mass is 429 g/mol. The van der Waals surface area contributed by atoms with Crippen molar-refractivity contribution in [3.63, 3.8) is 0 Å². The van der Waals surface area contributed by atoms with Crippen molar-refractivity contribution in [2.75, 3.05) is 31.1 Å². The molecule has 3 rings (SSSR count). The number of carbonyl (C=O) groups excluding carboxylic acids is 2. The number of anilines is 1. The molecule has 1 aliphatic rings. The van der Waals surface area contributed by atoms with Crippen molar-refractivity contribution in [2.45, 2.75) is 26.3 Å². The van der Waals surface area contributed by atoms with E-state index in [-0.39, 0.29) is 23.5 Å². The largest absolute Gasteiger partial charge is 0.506 e.